The molecular formula is C19H19ClN4O3. The van der Waals surface area contributed by atoms with Crippen molar-refractivity contribution in [1.29, 1.82) is 0 Å². The second kappa shape index (κ2) is 8.46. The third-order valence-electron chi connectivity index (χ3n) is 3.74. The van der Waals surface area contributed by atoms with Gasteiger partial charge in [0, 0.05) is 24.0 Å². The average molecular weight is 387 g/mol. The van der Waals surface area contributed by atoms with Gasteiger partial charge in [-0.15, -0.1) is 0 Å². The molecule has 0 radical (unpaired) electrons. The first-order valence-electron chi connectivity index (χ1n) is 8.05. The van der Waals surface area contributed by atoms with E-state index in [1.165, 1.54) is 0 Å². The number of nitrogens with zero attached hydrogens (tertiary/aromatic N) is 2. The maximum atomic E-state index is 6.14. The molecule has 0 saturated heterocycles. The predicted octanol–water partition coefficient (Wildman–Crippen LogP) is 4.64. The van der Waals surface area contributed by atoms with Crippen LogP contribution in [0.1, 0.15) is 0 Å². The van der Waals surface area contributed by atoms with E-state index in [1.54, 1.807) is 45.7 Å². The second-order valence-corrected chi connectivity index (χ2v) is 5.84. The fourth-order valence-electron chi connectivity index (χ4n) is 2.39. The minimum absolute atomic E-state index is 0.399. The number of ether oxygens (including phenoxy) is 3. The number of hydrogen-bond donors (Lipinski definition) is 2. The van der Waals surface area contributed by atoms with Crippen LogP contribution in [0.3, 0.4) is 0 Å². The summed E-state index contributed by atoms with van der Waals surface area (Å²) in [6, 6.07) is 12.7. The predicted molar refractivity (Wildman–Crippen MR) is 106 cm³/mol. The zero-order valence-electron chi connectivity index (χ0n) is 15.1. The summed E-state index contributed by atoms with van der Waals surface area (Å²) in [4.78, 5) is 8.71. The molecule has 8 heteroatoms. The van der Waals surface area contributed by atoms with E-state index in [1.807, 2.05) is 24.3 Å². The number of halogens is 1. The molecule has 0 atom stereocenters. The Kier molecular flexibility index (Phi) is 5.83. The van der Waals surface area contributed by atoms with Crippen molar-refractivity contribution in [3.63, 3.8) is 0 Å². The Labute approximate surface area is 162 Å². The topological polar surface area (TPSA) is 77.5 Å². The first-order valence-corrected chi connectivity index (χ1v) is 8.43. The summed E-state index contributed by atoms with van der Waals surface area (Å²) in [6.07, 6.45) is 1.65. The standard InChI is InChI=1S/C19H19ClN4O3/c1-25-13-6-4-12(5-7-13)22-18-8-9-21-19(24-18)23-15-11-16(26-2)14(20)10-17(15)27-3/h4-11H,1-3H3,(H2,21,22,23,24). The van der Waals surface area contributed by atoms with Gasteiger partial charge in [0.1, 0.15) is 23.1 Å². The highest BCUT2D eigenvalue weighted by Crippen LogP contribution is 2.37. The van der Waals surface area contributed by atoms with Crippen molar-refractivity contribution in [2.75, 3.05) is 32.0 Å². The van der Waals surface area contributed by atoms with Crippen LogP contribution in [0.15, 0.2) is 48.7 Å². The first kappa shape index (κ1) is 18.6. The molecule has 0 aliphatic carbocycles. The molecule has 1 heterocycles. The van der Waals surface area contributed by atoms with Crippen molar-refractivity contribution in [2.45, 2.75) is 0 Å². The summed E-state index contributed by atoms with van der Waals surface area (Å²) in [5.74, 6) is 2.90. The molecule has 2 aromatic carbocycles. The van der Waals surface area contributed by atoms with Gasteiger partial charge in [-0.1, -0.05) is 11.6 Å². The monoisotopic (exact) mass is 386 g/mol. The number of aromatic nitrogens is 2. The van der Waals surface area contributed by atoms with Gasteiger partial charge in [0.2, 0.25) is 5.95 Å². The lowest BCUT2D eigenvalue weighted by Gasteiger charge is -2.13. The third-order valence-corrected chi connectivity index (χ3v) is 4.03. The van der Waals surface area contributed by atoms with Crippen LogP contribution in [0.4, 0.5) is 23.1 Å². The van der Waals surface area contributed by atoms with Crippen LogP contribution in [-0.4, -0.2) is 31.3 Å². The summed E-state index contributed by atoms with van der Waals surface area (Å²) < 4.78 is 15.8. The van der Waals surface area contributed by atoms with Crippen molar-refractivity contribution in [1.82, 2.24) is 9.97 Å². The number of rotatable bonds is 7. The molecule has 0 spiro atoms. The summed E-state index contributed by atoms with van der Waals surface area (Å²) in [6.45, 7) is 0. The molecule has 0 aliphatic heterocycles. The minimum atomic E-state index is 0.399. The molecule has 0 saturated carbocycles. The molecule has 3 aromatic rings. The van der Waals surface area contributed by atoms with Gasteiger partial charge in [0.25, 0.3) is 0 Å². The lowest BCUT2D eigenvalue weighted by Crippen LogP contribution is -2.02. The van der Waals surface area contributed by atoms with E-state index in [9.17, 15) is 0 Å². The van der Waals surface area contributed by atoms with Crippen LogP contribution in [0.25, 0.3) is 0 Å². The SMILES string of the molecule is COc1ccc(Nc2ccnc(Nc3cc(OC)c(Cl)cc3OC)n2)cc1. The van der Waals surface area contributed by atoms with E-state index in [0.717, 1.165) is 11.4 Å². The maximum absolute atomic E-state index is 6.14. The molecule has 27 heavy (non-hydrogen) atoms. The van der Waals surface area contributed by atoms with Crippen molar-refractivity contribution >= 4 is 34.7 Å². The summed E-state index contributed by atoms with van der Waals surface area (Å²) in [5, 5.41) is 6.80. The van der Waals surface area contributed by atoms with E-state index >= 15 is 0 Å². The Hall–Kier alpha value is -3.19. The lowest BCUT2D eigenvalue weighted by atomic mass is 10.2. The molecule has 0 amide bonds. The number of hydrogen-bond acceptors (Lipinski definition) is 7. The van der Waals surface area contributed by atoms with Crippen LogP contribution in [0, 0.1) is 0 Å². The molecule has 3 rings (SSSR count). The molecule has 0 fully saturated rings. The first-order chi connectivity index (χ1) is 13.1. The quantitative estimate of drug-likeness (QED) is 0.612. The van der Waals surface area contributed by atoms with Crippen molar-refractivity contribution in [2.24, 2.45) is 0 Å². The maximum Gasteiger partial charge on any atom is 0.229 e. The largest absolute Gasteiger partial charge is 0.497 e. The van der Waals surface area contributed by atoms with Crippen molar-refractivity contribution in [3.05, 3.63) is 53.7 Å². The molecule has 0 bridgehead atoms. The number of nitrogens with one attached hydrogen (secondary N) is 2. The lowest BCUT2D eigenvalue weighted by molar-refractivity contribution is 0.405. The van der Waals surface area contributed by atoms with Crippen LogP contribution in [0.2, 0.25) is 5.02 Å². The highest BCUT2D eigenvalue weighted by molar-refractivity contribution is 6.32. The van der Waals surface area contributed by atoms with E-state index in [-0.39, 0.29) is 0 Å². The molecule has 0 unspecified atom stereocenters. The molecule has 1 aromatic heterocycles. The fourth-order valence-corrected chi connectivity index (χ4v) is 2.62. The Morgan fingerprint density at radius 1 is 0.852 bits per heavy atom. The van der Waals surface area contributed by atoms with Gasteiger partial charge in [-0.2, -0.15) is 4.98 Å². The molecule has 140 valence electrons. The Bertz CT molecular complexity index is 919. The number of methoxy groups -OCH3 is 3. The third kappa shape index (κ3) is 4.51. The van der Waals surface area contributed by atoms with Gasteiger partial charge in [-0.3, -0.25) is 0 Å². The van der Waals surface area contributed by atoms with E-state index < -0.39 is 0 Å². The Balaban J connectivity index is 1.81. The van der Waals surface area contributed by atoms with Gasteiger partial charge in [-0.05, 0) is 30.3 Å². The number of anilines is 4. The minimum Gasteiger partial charge on any atom is -0.497 e. The van der Waals surface area contributed by atoms with Crippen LogP contribution in [-0.2, 0) is 0 Å². The smallest absolute Gasteiger partial charge is 0.229 e. The van der Waals surface area contributed by atoms with E-state index in [2.05, 4.69) is 20.6 Å². The molecular weight excluding hydrogens is 368 g/mol. The zero-order chi connectivity index (χ0) is 19.2. The van der Waals surface area contributed by atoms with Gasteiger partial charge in [0.15, 0.2) is 0 Å². The van der Waals surface area contributed by atoms with Gasteiger partial charge in [0.05, 0.1) is 32.0 Å². The van der Waals surface area contributed by atoms with E-state index in [0.29, 0.717) is 34.0 Å². The highest BCUT2D eigenvalue weighted by atomic mass is 35.5. The normalized spacial score (nSPS) is 10.2. The van der Waals surface area contributed by atoms with Gasteiger partial charge < -0.3 is 24.8 Å². The van der Waals surface area contributed by atoms with Crippen molar-refractivity contribution in [3.8, 4) is 17.2 Å². The van der Waals surface area contributed by atoms with Gasteiger partial charge in [-0.25, -0.2) is 4.98 Å². The van der Waals surface area contributed by atoms with Crippen LogP contribution < -0.4 is 24.8 Å². The average Bonchev–Trinajstić information content (AvgIpc) is 2.70. The van der Waals surface area contributed by atoms with Gasteiger partial charge >= 0.3 is 0 Å². The van der Waals surface area contributed by atoms with Crippen LogP contribution in [0.5, 0.6) is 17.2 Å². The highest BCUT2D eigenvalue weighted by Gasteiger charge is 2.11. The zero-order valence-corrected chi connectivity index (χ0v) is 15.9. The fraction of sp³-hybridized carbons (Fsp3) is 0.158. The summed E-state index contributed by atoms with van der Waals surface area (Å²) >= 11 is 6.14. The van der Waals surface area contributed by atoms with Crippen LogP contribution >= 0.6 is 11.6 Å². The molecule has 7 nitrogen and oxygen atoms in total. The summed E-state index contributed by atoms with van der Waals surface area (Å²) in [7, 11) is 4.74. The number of benzene rings is 2. The molecule has 2 N–H and O–H groups in total. The van der Waals surface area contributed by atoms with E-state index in [4.69, 9.17) is 25.8 Å². The molecule has 0 aliphatic rings. The summed E-state index contributed by atoms with van der Waals surface area (Å²) in [5.41, 5.74) is 1.52. The Morgan fingerprint density at radius 3 is 2.26 bits per heavy atom. The van der Waals surface area contributed by atoms with Crippen molar-refractivity contribution < 1.29 is 14.2 Å². The Morgan fingerprint density at radius 2 is 1.59 bits per heavy atom. The second-order valence-electron chi connectivity index (χ2n) is 5.43.